The van der Waals surface area contributed by atoms with Gasteiger partial charge in [0.05, 0.1) is 49.8 Å². The molecule has 1 unspecified atom stereocenters. The van der Waals surface area contributed by atoms with Crippen LogP contribution in [0.2, 0.25) is 0 Å². The molecule has 3 N–H and O–H groups in total. The molecular weight excluding hydrogens is 730 g/mol. The van der Waals surface area contributed by atoms with Gasteiger partial charge in [-0.15, -0.1) is 0 Å². The van der Waals surface area contributed by atoms with E-state index in [1.54, 1.807) is 36.6 Å². The highest BCUT2D eigenvalue weighted by Crippen LogP contribution is 2.53. The Balaban J connectivity index is 1.21. The lowest BCUT2D eigenvalue weighted by atomic mass is 9.95. The van der Waals surface area contributed by atoms with Crippen molar-refractivity contribution in [1.29, 1.82) is 5.26 Å². The molecular formula is C39H56FN6O8P. The third-order valence-electron chi connectivity index (χ3n) is 10.1. The first-order chi connectivity index (χ1) is 26.4. The van der Waals surface area contributed by atoms with Crippen LogP contribution in [0.3, 0.4) is 0 Å². The average molecular weight is 787 g/mol. The van der Waals surface area contributed by atoms with Crippen LogP contribution in [0, 0.1) is 17.1 Å². The van der Waals surface area contributed by atoms with Gasteiger partial charge in [-0.2, -0.15) is 10.4 Å². The van der Waals surface area contributed by atoms with Crippen LogP contribution in [0.15, 0.2) is 41.7 Å². The van der Waals surface area contributed by atoms with Gasteiger partial charge in [0, 0.05) is 0 Å². The number of anilines is 1. The molecule has 6 atom stereocenters. The van der Waals surface area contributed by atoms with Crippen molar-refractivity contribution in [3.05, 3.63) is 59.3 Å². The van der Waals surface area contributed by atoms with Crippen molar-refractivity contribution < 1.29 is 41.8 Å². The molecule has 5 rings (SSSR count). The second-order valence-electron chi connectivity index (χ2n) is 15.0. The Morgan fingerprint density at radius 2 is 1.78 bits per heavy atom. The van der Waals surface area contributed by atoms with E-state index < -0.39 is 56.1 Å². The topological polar surface area (TPSA) is 185 Å². The highest BCUT2D eigenvalue weighted by atomic mass is 31.2. The van der Waals surface area contributed by atoms with E-state index in [9.17, 15) is 19.1 Å². The smallest absolute Gasteiger partial charge is 0.382 e. The van der Waals surface area contributed by atoms with Gasteiger partial charge in [0.1, 0.15) is 41.6 Å². The molecule has 1 aromatic carbocycles. The van der Waals surface area contributed by atoms with Crippen LogP contribution in [-0.2, 0) is 39.2 Å². The normalized spacial score (nSPS) is 23.4. The molecule has 55 heavy (non-hydrogen) atoms. The number of nitrogen functional groups attached to an aromatic ring is 1. The van der Waals surface area contributed by atoms with Gasteiger partial charge < -0.3 is 29.6 Å². The number of rotatable bonds is 24. The lowest BCUT2D eigenvalue weighted by molar-refractivity contribution is -0.214. The Kier molecular flexibility index (Phi) is 15.3. The summed E-state index contributed by atoms with van der Waals surface area (Å²) in [4.78, 5) is 19.1. The van der Waals surface area contributed by atoms with Crippen LogP contribution < -0.4 is 5.73 Å². The summed E-state index contributed by atoms with van der Waals surface area (Å²) >= 11 is 0. The number of nitrogens with zero attached hydrogens (tertiary/aromatic N) is 5. The third kappa shape index (κ3) is 11.6. The molecule has 0 spiro atoms. The van der Waals surface area contributed by atoms with E-state index in [1.807, 2.05) is 6.07 Å². The summed E-state index contributed by atoms with van der Waals surface area (Å²) < 4.78 is 65.7. The van der Waals surface area contributed by atoms with Gasteiger partial charge in [0.2, 0.25) is 0 Å². The van der Waals surface area contributed by atoms with E-state index in [0.717, 1.165) is 31.7 Å². The van der Waals surface area contributed by atoms with Crippen molar-refractivity contribution in [2.24, 2.45) is 4.99 Å². The molecule has 2 aliphatic heterocycles. The van der Waals surface area contributed by atoms with E-state index in [4.69, 9.17) is 33.7 Å². The highest BCUT2D eigenvalue weighted by Gasteiger charge is 2.64. The molecule has 14 nitrogen and oxygen atoms in total. The minimum Gasteiger partial charge on any atom is -0.382 e. The number of hydrogen-bond acceptors (Lipinski definition) is 12. The van der Waals surface area contributed by atoms with E-state index in [-0.39, 0.29) is 31.1 Å². The molecule has 2 fully saturated rings. The lowest BCUT2D eigenvalue weighted by Gasteiger charge is -2.33. The number of benzene rings is 1. The van der Waals surface area contributed by atoms with Crippen molar-refractivity contribution in [2.45, 2.75) is 140 Å². The van der Waals surface area contributed by atoms with Crippen molar-refractivity contribution in [1.82, 2.24) is 14.6 Å². The molecule has 0 amide bonds. The highest BCUT2D eigenvalue weighted by molar-refractivity contribution is 7.47. The number of hydrogen-bond donors (Lipinski definition) is 2. The van der Waals surface area contributed by atoms with E-state index in [0.29, 0.717) is 23.2 Å². The monoisotopic (exact) mass is 786 g/mol. The number of phosphoric ester groups is 1. The molecule has 0 saturated carbocycles. The first kappa shape index (κ1) is 42.8. The Morgan fingerprint density at radius 3 is 2.47 bits per heavy atom. The van der Waals surface area contributed by atoms with Crippen molar-refractivity contribution in [2.75, 3.05) is 25.5 Å². The quantitative estimate of drug-likeness (QED) is 0.0511. The van der Waals surface area contributed by atoms with Crippen LogP contribution in [0.1, 0.15) is 121 Å². The van der Waals surface area contributed by atoms with Gasteiger partial charge in [0.15, 0.2) is 11.6 Å². The maximum Gasteiger partial charge on any atom is 0.472 e. The maximum absolute atomic E-state index is 14.1. The minimum absolute atomic E-state index is 0.0143. The summed E-state index contributed by atoms with van der Waals surface area (Å²) in [5.41, 5.74) is 6.52. The predicted octanol–water partition coefficient (Wildman–Crippen LogP) is 7.77. The zero-order valence-electron chi connectivity index (χ0n) is 32.2. The second-order valence-corrected chi connectivity index (χ2v) is 16.4. The van der Waals surface area contributed by atoms with Crippen molar-refractivity contribution in [3.8, 4) is 6.07 Å². The first-order valence-corrected chi connectivity index (χ1v) is 20.9. The zero-order valence-corrected chi connectivity index (χ0v) is 33.1. The Labute approximate surface area is 323 Å². The van der Waals surface area contributed by atoms with E-state index in [2.05, 4.69) is 28.7 Å². The van der Waals surface area contributed by atoms with E-state index in [1.165, 1.54) is 57.3 Å². The summed E-state index contributed by atoms with van der Waals surface area (Å²) in [6.45, 7) is 8.65. The van der Waals surface area contributed by atoms with Gasteiger partial charge in [-0.3, -0.25) is 14.0 Å². The number of fused-ring (bicyclic) bond motifs is 2. The molecule has 16 heteroatoms. The van der Waals surface area contributed by atoms with Crippen molar-refractivity contribution in [3.63, 3.8) is 0 Å². The predicted molar refractivity (Wildman–Crippen MR) is 205 cm³/mol. The summed E-state index contributed by atoms with van der Waals surface area (Å²) in [6.07, 6.45) is 11.9. The number of halogens is 1. The fraction of sp³-hybridized carbons (Fsp3) is 0.641. The minimum atomic E-state index is -4.71. The molecule has 2 aromatic heterocycles. The molecule has 302 valence electrons. The van der Waals surface area contributed by atoms with Crippen molar-refractivity contribution >= 4 is 25.9 Å². The number of aromatic nitrogens is 3. The maximum atomic E-state index is 14.1. The zero-order chi connectivity index (χ0) is 39.5. The van der Waals surface area contributed by atoms with Crippen LogP contribution in [0.5, 0.6) is 0 Å². The van der Waals surface area contributed by atoms with Gasteiger partial charge in [-0.05, 0) is 62.9 Å². The Morgan fingerprint density at radius 1 is 1.07 bits per heavy atom. The summed E-state index contributed by atoms with van der Waals surface area (Å²) in [7, 11) is -4.71. The number of phosphoric acid groups is 1. The lowest BCUT2D eigenvalue weighted by Crippen LogP contribution is -2.49. The summed E-state index contributed by atoms with van der Waals surface area (Å²) in [5.74, 6) is -1.28. The van der Waals surface area contributed by atoms with Crippen LogP contribution in [-0.4, -0.2) is 75.7 Å². The molecule has 0 bridgehead atoms. The third-order valence-corrected chi connectivity index (χ3v) is 11.0. The fourth-order valence-corrected chi connectivity index (χ4v) is 8.18. The van der Waals surface area contributed by atoms with E-state index >= 15 is 0 Å². The SMILES string of the molecule is C=NC[C@]1(COP(=O)(O)OC[C@H](CCCCCCCCCCCCC)OCc2cc(F)cc(C#N)c2)O[C@@H](c2ccc3c(N)ncnn23)[C@@H]2OC(C)(C)O[C@@H]21. The van der Waals surface area contributed by atoms with Crippen LogP contribution in [0.25, 0.3) is 5.52 Å². The molecule has 4 heterocycles. The largest absolute Gasteiger partial charge is 0.472 e. The number of nitrogens with two attached hydrogens (primary N) is 1. The molecule has 2 aliphatic rings. The summed E-state index contributed by atoms with van der Waals surface area (Å²) in [6, 6.07) is 9.52. The Hall–Kier alpha value is -3.32. The summed E-state index contributed by atoms with van der Waals surface area (Å²) in [5, 5.41) is 13.6. The number of nitriles is 1. The average Bonchev–Trinajstić information content (AvgIpc) is 3.81. The number of unbranched alkanes of at least 4 members (excludes halogenated alkanes) is 10. The van der Waals surface area contributed by atoms with Crippen LogP contribution >= 0.6 is 7.82 Å². The van der Waals surface area contributed by atoms with Gasteiger partial charge in [-0.1, -0.05) is 77.6 Å². The number of ether oxygens (including phenoxy) is 4. The number of aliphatic imine (C=N–C) groups is 1. The van der Waals surface area contributed by atoms with Gasteiger partial charge in [0.25, 0.3) is 0 Å². The van der Waals surface area contributed by atoms with Gasteiger partial charge in [-0.25, -0.2) is 18.5 Å². The molecule has 3 aromatic rings. The first-order valence-electron chi connectivity index (χ1n) is 19.4. The second kappa shape index (κ2) is 19.7. The van der Waals surface area contributed by atoms with Gasteiger partial charge >= 0.3 is 7.82 Å². The fourth-order valence-electron chi connectivity index (χ4n) is 7.37. The standard InChI is InChI=1S/C39H56FN6O8P/c1-5-6-7-8-9-10-11-12-13-14-15-16-31(49-23-29-19-28(22-41)20-30(40)21-29)24-50-55(47,48)51-26-39(25-43-4)36-35(52-38(2,3)54-36)34(53-39)32-17-18-33-37(42)44-27-45-46(32)33/h17-21,27,31,34-36H,4-16,23-26H2,1-3H3,(H,47,48)(H2,42,44,45)/t31-,34-,35-,36-,39+/m0/s1. The van der Waals surface area contributed by atoms with Crippen LogP contribution in [0.4, 0.5) is 10.2 Å². The molecule has 0 radical (unpaired) electrons. The molecule has 2 saturated heterocycles. The Bertz CT molecular complexity index is 1810. The molecule has 0 aliphatic carbocycles.